The molecule has 4 nitrogen and oxygen atoms in total. The molecule has 0 aliphatic heterocycles. The van der Waals surface area contributed by atoms with E-state index in [-0.39, 0.29) is 18.4 Å². The Morgan fingerprint density at radius 1 is 1.36 bits per heavy atom. The van der Waals surface area contributed by atoms with Gasteiger partial charge in [-0.2, -0.15) is 0 Å². The second-order valence-electron chi connectivity index (χ2n) is 6.76. The molecule has 3 N–H and O–H groups in total. The van der Waals surface area contributed by atoms with Gasteiger partial charge in [0.05, 0.1) is 6.42 Å². The lowest BCUT2D eigenvalue weighted by Crippen LogP contribution is -2.07. The highest BCUT2D eigenvalue weighted by molar-refractivity contribution is 5.91. The standard InChI is InChI=1S/C18H20N2O2/c1-9-4-13-15(19)5-11(6-17(21)22)18(13)14-8-20-16(7-12(9)14)10-2-3-10/h4,7-8,10-11,15H,2-3,5-6,19H2,1H3,(H,21,22). The average Bonchev–Trinajstić information content (AvgIpc) is 3.26. The van der Waals surface area contributed by atoms with Crippen molar-refractivity contribution in [3.05, 3.63) is 40.7 Å². The Bertz CT molecular complexity index is 780. The summed E-state index contributed by atoms with van der Waals surface area (Å²) in [5, 5.41) is 11.5. The van der Waals surface area contributed by atoms with Crippen LogP contribution in [-0.4, -0.2) is 16.1 Å². The maximum Gasteiger partial charge on any atom is 0.303 e. The SMILES string of the molecule is Cc1cc2c(c3cnc(C4CC4)cc13)C(CC(=O)O)CC2N. The molecule has 4 heteroatoms. The summed E-state index contributed by atoms with van der Waals surface area (Å²) in [5.74, 6) is -0.144. The zero-order valence-electron chi connectivity index (χ0n) is 12.7. The molecule has 0 spiro atoms. The molecule has 2 unspecified atom stereocenters. The van der Waals surface area contributed by atoms with Crippen LogP contribution in [-0.2, 0) is 4.79 Å². The molecule has 0 bridgehead atoms. The van der Waals surface area contributed by atoms with Gasteiger partial charge in [0.1, 0.15) is 0 Å². The molecule has 1 aromatic heterocycles. The van der Waals surface area contributed by atoms with Crippen molar-refractivity contribution in [1.82, 2.24) is 4.98 Å². The predicted octanol–water partition coefficient (Wildman–Crippen LogP) is 3.38. The molecule has 0 amide bonds. The number of hydrogen-bond acceptors (Lipinski definition) is 3. The third kappa shape index (κ3) is 2.10. The molecule has 0 radical (unpaired) electrons. The molecular formula is C18H20N2O2. The van der Waals surface area contributed by atoms with Crippen molar-refractivity contribution in [3.8, 4) is 0 Å². The maximum absolute atomic E-state index is 11.2. The highest BCUT2D eigenvalue weighted by Gasteiger charge is 2.33. The van der Waals surface area contributed by atoms with Crippen LogP contribution in [0.3, 0.4) is 0 Å². The van der Waals surface area contributed by atoms with Crippen LogP contribution in [0.1, 0.15) is 65.9 Å². The second-order valence-corrected chi connectivity index (χ2v) is 6.76. The summed E-state index contributed by atoms with van der Waals surface area (Å²) < 4.78 is 0. The van der Waals surface area contributed by atoms with Crippen LogP contribution in [0.15, 0.2) is 18.3 Å². The molecule has 1 aromatic carbocycles. The number of aliphatic carboxylic acids is 1. The van der Waals surface area contributed by atoms with Gasteiger partial charge in [-0.15, -0.1) is 0 Å². The number of nitrogens with zero attached hydrogens (tertiary/aromatic N) is 1. The van der Waals surface area contributed by atoms with Crippen molar-refractivity contribution in [1.29, 1.82) is 0 Å². The Hall–Kier alpha value is -1.94. The summed E-state index contributed by atoms with van der Waals surface area (Å²) in [6, 6.07) is 4.29. The molecule has 4 rings (SSSR count). The predicted molar refractivity (Wildman–Crippen MR) is 85.0 cm³/mol. The Morgan fingerprint density at radius 3 is 2.82 bits per heavy atom. The first kappa shape index (κ1) is 13.7. The number of aryl methyl sites for hydroxylation is 1. The number of pyridine rings is 1. The summed E-state index contributed by atoms with van der Waals surface area (Å²) in [6.07, 6.45) is 5.26. The van der Waals surface area contributed by atoms with Crippen LogP contribution >= 0.6 is 0 Å². The van der Waals surface area contributed by atoms with E-state index in [9.17, 15) is 9.90 Å². The number of rotatable bonds is 3. The normalized spacial score (nSPS) is 23.7. The van der Waals surface area contributed by atoms with Gasteiger partial charge >= 0.3 is 5.97 Å². The number of carbonyl (C=O) groups is 1. The van der Waals surface area contributed by atoms with Gasteiger partial charge in [-0.25, -0.2) is 0 Å². The zero-order valence-corrected chi connectivity index (χ0v) is 12.7. The number of nitrogens with two attached hydrogens (primary N) is 1. The van der Waals surface area contributed by atoms with Crippen LogP contribution in [0.25, 0.3) is 10.8 Å². The minimum absolute atomic E-state index is 0.000764. The fourth-order valence-corrected chi connectivity index (χ4v) is 3.87. The van der Waals surface area contributed by atoms with Gasteiger partial charge in [0.15, 0.2) is 0 Å². The first-order valence-electron chi connectivity index (χ1n) is 7.95. The van der Waals surface area contributed by atoms with Gasteiger partial charge in [-0.3, -0.25) is 9.78 Å². The number of aromatic nitrogens is 1. The lowest BCUT2D eigenvalue weighted by Gasteiger charge is -2.14. The number of fused-ring (bicyclic) bond motifs is 3. The van der Waals surface area contributed by atoms with E-state index in [4.69, 9.17) is 5.73 Å². The van der Waals surface area contributed by atoms with Gasteiger partial charge in [0.25, 0.3) is 0 Å². The van der Waals surface area contributed by atoms with E-state index in [2.05, 4.69) is 24.0 Å². The largest absolute Gasteiger partial charge is 0.481 e. The summed E-state index contributed by atoms with van der Waals surface area (Å²) >= 11 is 0. The lowest BCUT2D eigenvalue weighted by atomic mass is 9.91. The van der Waals surface area contributed by atoms with E-state index in [1.807, 2.05) is 6.20 Å². The van der Waals surface area contributed by atoms with Crippen LogP contribution < -0.4 is 5.73 Å². The number of carboxylic acids is 1. The Kier molecular flexibility index (Phi) is 2.98. The molecule has 2 aliphatic rings. The van der Waals surface area contributed by atoms with E-state index < -0.39 is 5.97 Å². The topological polar surface area (TPSA) is 76.2 Å². The van der Waals surface area contributed by atoms with Crippen molar-refractivity contribution < 1.29 is 9.90 Å². The lowest BCUT2D eigenvalue weighted by molar-refractivity contribution is -0.137. The van der Waals surface area contributed by atoms with Gasteiger partial charge < -0.3 is 10.8 Å². The minimum atomic E-state index is -0.763. The van der Waals surface area contributed by atoms with Crippen molar-refractivity contribution in [2.45, 2.75) is 50.5 Å². The third-order valence-electron chi connectivity index (χ3n) is 5.09. The first-order chi connectivity index (χ1) is 10.5. The summed E-state index contributed by atoms with van der Waals surface area (Å²) in [6.45, 7) is 2.11. The molecular weight excluding hydrogens is 276 g/mol. The fourth-order valence-electron chi connectivity index (χ4n) is 3.87. The highest BCUT2D eigenvalue weighted by atomic mass is 16.4. The van der Waals surface area contributed by atoms with E-state index in [1.165, 1.54) is 29.5 Å². The quantitative estimate of drug-likeness (QED) is 0.910. The van der Waals surface area contributed by atoms with Crippen molar-refractivity contribution in [2.75, 3.05) is 0 Å². The van der Waals surface area contributed by atoms with Gasteiger partial charge in [-0.1, -0.05) is 6.07 Å². The van der Waals surface area contributed by atoms with Gasteiger partial charge in [0, 0.05) is 29.2 Å². The Labute approximate surface area is 129 Å². The number of carboxylic acid groups (broad SMARTS) is 1. The smallest absolute Gasteiger partial charge is 0.303 e. The zero-order chi connectivity index (χ0) is 15.4. The van der Waals surface area contributed by atoms with Gasteiger partial charge in [-0.05, 0) is 60.2 Å². The summed E-state index contributed by atoms with van der Waals surface area (Å²) in [5.41, 5.74) is 10.9. The Balaban J connectivity index is 1.91. The van der Waals surface area contributed by atoms with Crippen LogP contribution in [0.2, 0.25) is 0 Å². The van der Waals surface area contributed by atoms with Crippen LogP contribution in [0.5, 0.6) is 0 Å². The first-order valence-corrected chi connectivity index (χ1v) is 7.95. The molecule has 114 valence electrons. The average molecular weight is 296 g/mol. The third-order valence-corrected chi connectivity index (χ3v) is 5.09. The molecule has 2 aromatic rings. The van der Waals surface area contributed by atoms with Crippen LogP contribution in [0.4, 0.5) is 0 Å². The number of benzene rings is 1. The number of hydrogen-bond donors (Lipinski definition) is 2. The van der Waals surface area contributed by atoms with Crippen LogP contribution in [0, 0.1) is 6.92 Å². The summed E-state index contributed by atoms with van der Waals surface area (Å²) in [7, 11) is 0. The molecule has 1 saturated carbocycles. The van der Waals surface area contributed by atoms with E-state index in [1.54, 1.807) is 0 Å². The minimum Gasteiger partial charge on any atom is -0.481 e. The van der Waals surface area contributed by atoms with Crippen molar-refractivity contribution in [2.24, 2.45) is 5.73 Å². The molecule has 22 heavy (non-hydrogen) atoms. The van der Waals surface area contributed by atoms with E-state index in [0.717, 1.165) is 16.5 Å². The molecule has 0 saturated heterocycles. The molecule has 2 atom stereocenters. The molecule has 2 aliphatic carbocycles. The van der Waals surface area contributed by atoms with Gasteiger partial charge in [0.2, 0.25) is 0 Å². The van der Waals surface area contributed by atoms with Crippen molar-refractivity contribution in [3.63, 3.8) is 0 Å². The highest BCUT2D eigenvalue weighted by Crippen LogP contribution is 2.46. The Morgan fingerprint density at radius 2 is 2.14 bits per heavy atom. The second kappa shape index (κ2) is 4.78. The molecule has 1 fully saturated rings. The fraction of sp³-hybridized carbons (Fsp3) is 0.444. The van der Waals surface area contributed by atoms with Crippen molar-refractivity contribution >= 4 is 16.7 Å². The molecule has 1 heterocycles. The maximum atomic E-state index is 11.2. The monoisotopic (exact) mass is 296 g/mol. The summed E-state index contributed by atoms with van der Waals surface area (Å²) in [4.78, 5) is 15.8. The van der Waals surface area contributed by atoms with E-state index in [0.29, 0.717) is 12.3 Å². The van der Waals surface area contributed by atoms with E-state index >= 15 is 0 Å².